The van der Waals surface area contributed by atoms with Gasteiger partial charge < -0.3 is 18.5 Å². The number of nitrogens with zero attached hydrogens (tertiary/aromatic N) is 2. The van der Waals surface area contributed by atoms with Crippen LogP contribution in [-0.4, -0.2) is 36.6 Å². The number of hydrogen-bond acceptors (Lipinski definition) is 7. The predicted octanol–water partition coefficient (Wildman–Crippen LogP) is 2.61. The van der Waals surface area contributed by atoms with Gasteiger partial charge in [-0.1, -0.05) is 11.3 Å². The summed E-state index contributed by atoms with van der Waals surface area (Å²) in [7, 11) is 2.58. The Balaban J connectivity index is 2.17. The summed E-state index contributed by atoms with van der Waals surface area (Å²) in [5, 5.41) is 0. The summed E-state index contributed by atoms with van der Waals surface area (Å²) < 4.78 is 17.1. The summed E-state index contributed by atoms with van der Waals surface area (Å²) in [6, 6.07) is 6.52. The topological polar surface area (TPSA) is 100 Å². The van der Waals surface area contributed by atoms with Crippen molar-refractivity contribution >= 4 is 39.4 Å². The van der Waals surface area contributed by atoms with E-state index in [0.29, 0.717) is 37.7 Å². The van der Waals surface area contributed by atoms with Gasteiger partial charge in [-0.15, -0.1) is 0 Å². The van der Waals surface area contributed by atoms with Crippen LogP contribution in [0.25, 0.3) is 10.2 Å². The van der Waals surface area contributed by atoms with Crippen LogP contribution in [0.2, 0.25) is 0 Å². The summed E-state index contributed by atoms with van der Waals surface area (Å²) in [6.07, 6.45) is 0. The van der Waals surface area contributed by atoms with Crippen LogP contribution in [0.4, 0.5) is 0 Å². The Morgan fingerprint density at radius 2 is 1.89 bits per heavy atom. The van der Waals surface area contributed by atoms with Gasteiger partial charge in [0.25, 0.3) is 5.91 Å². The van der Waals surface area contributed by atoms with Crippen molar-refractivity contribution in [2.75, 3.05) is 14.2 Å². The molecule has 0 spiro atoms. The maximum atomic E-state index is 12.6. The van der Waals surface area contributed by atoms with Gasteiger partial charge in [-0.2, -0.15) is 4.99 Å². The summed E-state index contributed by atoms with van der Waals surface area (Å²) in [5.74, 6) is -0.361. The smallest absolute Gasteiger partial charge is 0.337 e. The van der Waals surface area contributed by atoms with Crippen molar-refractivity contribution in [3.63, 3.8) is 0 Å². The zero-order valence-corrected chi connectivity index (χ0v) is 16.6. The molecule has 9 heteroatoms. The van der Waals surface area contributed by atoms with E-state index in [9.17, 15) is 14.4 Å². The highest BCUT2D eigenvalue weighted by atomic mass is 32.1. The Morgan fingerprint density at radius 3 is 2.50 bits per heavy atom. The van der Waals surface area contributed by atoms with E-state index in [-0.39, 0.29) is 6.54 Å². The number of thiazole rings is 1. The second kappa shape index (κ2) is 7.81. The molecule has 1 aromatic carbocycles. The van der Waals surface area contributed by atoms with Gasteiger partial charge in [0.15, 0.2) is 4.80 Å². The van der Waals surface area contributed by atoms with Gasteiger partial charge in [0.05, 0.1) is 35.6 Å². The van der Waals surface area contributed by atoms with E-state index < -0.39 is 17.8 Å². The number of rotatable bonds is 4. The van der Waals surface area contributed by atoms with Crippen molar-refractivity contribution in [3.8, 4) is 0 Å². The molecular formula is C19H18N2O6S. The highest BCUT2D eigenvalue weighted by molar-refractivity contribution is 7.16. The Morgan fingerprint density at radius 1 is 1.14 bits per heavy atom. The number of fused-ring (bicyclic) bond motifs is 1. The molecule has 0 aliphatic heterocycles. The minimum atomic E-state index is -0.485. The Kier molecular flexibility index (Phi) is 5.46. The maximum absolute atomic E-state index is 12.6. The van der Waals surface area contributed by atoms with Crippen LogP contribution >= 0.6 is 11.3 Å². The molecule has 2 aromatic heterocycles. The number of carbonyl (C=O) groups is 3. The fraction of sp³-hybridized carbons (Fsp3) is 0.263. The first kappa shape index (κ1) is 19.6. The van der Waals surface area contributed by atoms with Gasteiger partial charge in [0, 0.05) is 0 Å². The lowest BCUT2D eigenvalue weighted by atomic mass is 10.2. The lowest BCUT2D eigenvalue weighted by Gasteiger charge is -2.04. The van der Waals surface area contributed by atoms with E-state index in [4.69, 9.17) is 13.9 Å². The standard InChI is InChI=1S/C19H18N2O6S/c1-10-7-13(11(2)27-10)17(23)20-19-21(9-16(22)25-3)14-6-5-12(18(24)26-4)8-15(14)28-19/h5-8H,9H2,1-4H3. The Bertz CT molecular complexity index is 1150. The normalized spacial score (nSPS) is 11.6. The van der Waals surface area contributed by atoms with Crippen LogP contribution in [0.5, 0.6) is 0 Å². The second-order valence-electron chi connectivity index (χ2n) is 5.96. The molecule has 1 amide bonds. The highest BCUT2D eigenvalue weighted by Crippen LogP contribution is 2.21. The number of methoxy groups -OCH3 is 2. The quantitative estimate of drug-likeness (QED) is 0.622. The van der Waals surface area contributed by atoms with Crippen LogP contribution in [0.15, 0.2) is 33.7 Å². The van der Waals surface area contributed by atoms with E-state index in [0.717, 1.165) is 0 Å². The van der Waals surface area contributed by atoms with Gasteiger partial charge >= 0.3 is 11.9 Å². The number of furan rings is 1. The molecular weight excluding hydrogens is 384 g/mol. The zero-order chi connectivity index (χ0) is 20.4. The van der Waals surface area contributed by atoms with Crippen molar-refractivity contribution < 1.29 is 28.3 Å². The highest BCUT2D eigenvalue weighted by Gasteiger charge is 2.17. The van der Waals surface area contributed by atoms with E-state index in [1.807, 2.05) is 0 Å². The molecule has 0 N–H and O–H groups in total. The first-order valence-electron chi connectivity index (χ1n) is 8.28. The van der Waals surface area contributed by atoms with Gasteiger partial charge in [-0.3, -0.25) is 9.59 Å². The molecule has 0 radical (unpaired) electrons. The van der Waals surface area contributed by atoms with Gasteiger partial charge in [0.2, 0.25) is 0 Å². The Labute approximate surface area is 164 Å². The summed E-state index contributed by atoms with van der Waals surface area (Å²) in [4.78, 5) is 40.8. The molecule has 0 bridgehead atoms. The van der Waals surface area contributed by atoms with Crippen LogP contribution in [-0.2, 0) is 20.8 Å². The number of aryl methyl sites for hydroxylation is 2. The van der Waals surface area contributed by atoms with Crippen molar-refractivity contribution in [1.82, 2.24) is 4.57 Å². The average molecular weight is 402 g/mol. The third kappa shape index (κ3) is 3.74. The van der Waals surface area contributed by atoms with Crippen molar-refractivity contribution in [2.24, 2.45) is 4.99 Å². The SMILES string of the molecule is COC(=O)Cn1c(=NC(=O)c2cc(C)oc2C)sc2cc(C(=O)OC)ccc21. The molecule has 0 aliphatic carbocycles. The number of benzene rings is 1. The number of hydrogen-bond donors (Lipinski definition) is 0. The maximum Gasteiger partial charge on any atom is 0.337 e. The molecule has 0 saturated heterocycles. The van der Waals surface area contributed by atoms with E-state index in [2.05, 4.69) is 4.99 Å². The number of ether oxygens (including phenoxy) is 2. The number of carbonyl (C=O) groups excluding carboxylic acids is 3. The van der Waals surface area contributed by atoms with Crippen LogP contribution in [0.1, 0.15) is 32.2 Å². The van der Waals surface area contributed by atoms with Crippen molar-refractivity contribution in [2.45, 2.75) is 20.4 Å². The molecule has 0 fully saturated rings. The van der Waals surface area contributed by atoms with Crippen molar-refractivity contribution in [3.05, 3.63) is 51.7 Å². The van der Waals surface area contributed by atoms with Crippen LogP contribution < -0.4 is 4.80 Å². The van der Waals surface area contributed by atoms with Gasteiger partial charge in [-0.05, 0) is 38.1 Å². The average Bonchev–Trinajstić information content (AvgIpc) is 3.19. The lowest BCUT2D eigenvalue weighted by molar-refractivity contribution is -0.141. The van der Waals surface area contributed by atoms with E-state index in [1.54, 1.807) is 42.7 Å². The molecule has 0 atom stereocenters. The van der Waals surface area contributed by atoms with Gasteiger partial charge in [-0.25, -0.2) is 4.79 Å². The first-order chi connectivity index (χ1) is 13.3. The summed E-state index contributed by atoms with van der Waals surface area (Å²) >= 11 is 1.18. The monoisotopic (exact) mass is 402 g/mol. The molecule has 28 heavy (non-hydrogen) atoms. The zero-order valence-electron chi connectivity index (χ0n) is 15.8. The predicted molar refractivity (Wildman–Crippen MR) is 101 cm³/mol. The fourth-order valence-corrected chi connectivity index (χ4v) is 3.81. The molecule has 8 nitrogen and oxygen atoms in total. The fourth-order valence-electron chi connectivity index (χ4n) is 2.74. The second-order valence-corrected chi connectivity index (χ2v) is 6.97. The van der Waals surface area contributed by atoms with Crippen molar-refractivity contribution in [1.29, 1.82) is 0 Å². The minimum absolute atomic E-state index is 0.121. The molecule has 146 valence electrons. The first-order valence-corrected chi connectivity index (χ1v) is 9.10. The van der Waals surface area contributed by atoms with Gasteiger partial charge in [0.1, 0.15) is 18.1 Å². The summed E-state index contributed by atoms with van der Waals surface area (Å²) in [6.45, 7) is 3.31. The van der Waals surface area contributed by atoms with Crippen LogP contribution in [0, 0.1) is 13.8 Å². The summed E-state index contributed by atoms with van der Waals surface area (Å²) in [5.41, 5.74) is 1.37. The largest absolute Gasteiger partial charge is 0.468 e. The number of esters is 2. The molecule has 3 rings (SSSR count). The van der Waals surface area contributed by atoms with Crippen LogP contribution in [0.3, 0.4) is 0 Å². The van der Waals surface area contributed by atoms with E-state index in [1.165, 1.54) is 25.6 Å². The number of amides is 1. The molecule has 0 aliphatic rings. The van der Waals surface area contributed by atoms with E-state index >= 15 is 0 Å². The third-order valence-electron chi connectivity index (χ3n) is 4.09. The minimum Gasteiger partial charge on any atom is -0.468 e. The number of aromatic nitrogens is 1. The molecule has 0 saturated carbocycles. The molecule has 0 unspecified atom stereocenters. The molecule has 3 aromatic rings. The molecule has 2 heterocycles. The lowest BCUT2D eigenvalue weighted by Crippen LogP contribution is -2.22. The third-order valence-corrected chi connectivity index (χ3v) is 5.13. The Hall–Kier alpha value is -3.20.